The van der Waals surface area contributed by atoms with Crippen molar-refractivity contribution < 1.29 is 0 Å². The van der Waals surface area contributed by atoms with Gasteiger partial charge in [0.15, 0.2) is 5.82 Å². The third-order valence-corrected chi connectivity index (χ3v) is 4.35. The normalized spacial score (nSPS) is 20.4. The summed E-state index contributed by atoms with van der Waals surface area (Å²) in [4.78, 5) is 4.65. The number of nitrogens with one attached hydrogen (secondary N) is 1. The Bertz CT molecular complexity index is 527. The predicted molar refractivity (Wildman–Crippen MR) is 86.1 cm³/mol. The third kappa shape index (κ3) is 3.15. The first kappa shape index (κ1) is 15.7. The summed E-state index contributed by atoms with van der Waals surface area (Å²) < 4.78 is 0. The second-order valence-corrected chi connectivity index (χ2v) is 5.89. The summed E-state index contributed by atoms with van der Waals surface area (Å²) in [7, 11) is 2.16. The second-order valence-electron chi connectivity index (χ2n) is 5.89. The Hall–Kier alpha value is -1.69. The fraction of sp³-hybridized carbons (Fsp3) is 0.667. The van der Waals surface area contributed by atoms with Crippen molar-refractivity contribution >= 4 is 11.7 Å². The molecule has 1 atom stereocenters. The van der Waals surface area contributed by atoms with Gasteiger partial charge in [-0.15, -0.1) is 5.10 Å². The quantitative estimate of drug-likeness (QED) is 0.647. The average Bonchev–Trinajstić information content (AvgIpc) is 2.62. The standard InChI is InChI=1S/C15H26N6/c1-5-12-9-20(4)7-6-8-21(12)15-13(14(16)17)10(2)11(3)18-19-15/h12H,5-9H2,1-4H3,(H3,16,17). The number of anilines is 1. The zero-order valence-electron chi connectivity index (χ0n) is 13.5. The molecule has 1 aliphatic rings. The summed E-state index contributed by atoms with van der Waals surface area (Å²) in [6.45, 7) is 9.09. The molecule has 1 unspecified atom stereocenters. The third-order valence-electron chi connectivity index (χ3n) is 4.35. The Labute approximate surface area is 126 Å². The molecule has 0 aliphatic carbocycles. The van der Waals surface area contributed by atoms with Crippen LogP contribution in [0.2, 0.25) is 0 Å². The van der Waals surface area contributed by atoms with Crippen molar-refractivity contribution in [2.75, 3.05) is 31.6 Å². The van der Waals surface area contributed by atoms with Crippen molar-refractivity contribution in [1.82, 2.24) is 15.1 Å². The molecule has 21 heavy (non-hydrogen) atoms. The fourth-order valence-electron chi connectivity index (χ4n) is 2.99. The molecular formula is C15H26N6. The number of nitrogens with two attached hydrogens (primary N) is 1. The van der Waals surface area contributed by atoms with E-state index in [0.717, 1.165) is 55.1 Å². The van der Waals surface area contributed by atoms with Crippen molar-refractivity contribution in [2.24, 2.45) is 5.73 Å². The minimum absolute atomic E-state index is 0.0768. The highest BCUT2D eigenvalue weighted by atomic mass is 15.3. The van der Waals surface area contributed by atoms with Gasteiger partial charge in [0, 0.05) is 19.1 Å². The van der Waals surface area contributed by atoms with Crippen LogP contribution in [0, 0.1) is 19.3 Å². The van der Waals surface area contributed by atoms with Crippen molar-refractivity contribution in [3.63, 3.8) is 0 Å². The molecular weight excluding hydrogens is 264 g/mol. The van der Waals surface area contributed by atoms with E-state index in [1.807, 2.05) is 13.8 Å². The summed E-state index contributed by atoms with van der Waals surface area (Å²) in [5.41, 5.74) is 8.36. The maximum Gasteiger partial charge on any atom is 0.162 e. The molecule has 6 nitrogen and oxygen atoms in total. The van der Waals surface area contributed by atoms with Crippen molar-refractivity contribution in [1.29, 1.82) is 5.41 Å². The Morgan fingerprint density at radius 1 is 1.33 bits per heavy atom. The van der Waals surface area contributed by atoms with Gasteiger partial charge < -0.3 is 15.5 Å². The number of nitrogens with zero attached hydrogens (tertiary/aromatic N) is 4. The van der Waals surface area contributed by atoms with E-state index in [4.69, 9.17) is 11.1 Å². The molecule has 6 heteroatoms. The maximum absolute atomic E-state index is 7.92. The topological polar surface area (TPSA) is 82.1 Å². The number of amidine groups is 1. The number of nitrogen functional groups attached to an aromatic ring is 1. The molecule has 116 valence electrons. The molecule has 1 aromatic heterocycles. The summed E-state index contributed by atoms with van der Waals surface area (Å²) >= 11 is 0. The largest absolute Gasteiger partial charge is 0.384 e. The van der Waals surface area contributed by atoms with Gasteiger partial charge in [-0.25, -0.2) is 0 Å². The first-order valence-electron chi connectivity index (χ1n) is 7.59. The van der Waals surface area contributed by atoms with Crippen molar-refractivity contribution in [2.45, 2.75) is 39.7 Å². The highest BCUT2D eigenvalue weighted by Crippen LogP contribution is 2.26. The van der Waals surface area contributed by atoms with Crippen LogP contribution >= 0.6 is 0 Å². The smallest absolute Gasteiger partial charge is 0.162 e. The van der Waals surface area contributed by atoms with E-state index < -0.39 is 0 Å². The zero-order chi connectivity index (χ0) is 15.6. The van der Waals surface area contributed by atoms with Gasteiger partial charge in [0.1, 0.15) is 5.84 Å². The number of hydrogen-bond acceptors (Lipinski definition) is 5. The lowest BCUT2D eigenvalue weighted by Gasteiger charge is -2.32. The van der Waals surface area contributed by atoms with E-state index in [0.29, 0.717) is 6.04 Å². The number of hydrogen-bond donors (Lipinski definition) is 2. The minimum Gasteiger partial charge on any atom is -0.384 e. The van der Waals surface area contributed by atoms with Crippen LogP contribution < -0.4 is 10.6 Å². The van der Waals surface area contributed by atoms with Crippen molar-refractivity contribution in [3.05, 3.63) is 16.8 Å². The van der Waals surface area contributed by atoms with Gasteiger partial charge in [-0.2, -0.15) is 5.10 Å². The van der Waals surface area contributed by atoms with Crippen LogP contribution in [0.3, 0.4) is 0 Å². The molecule has 0 amide bonds. The van der Waals surface area contributed by atoms with Crippen LogP contribution in [0.15, 0.2) is 0 Å². The van der Waals surface area contributed by atoms with Gasteiger partial charge >= 0.3 is 0 Å². The summed E-state index contributed by atoms with van der Waals surface area (Å²) in [5, 5.41) is 16.6. The Balaban J connectivity index is 2.48. The average molecular weight is 290 g/mol. The minimum atomic E-state index is 0.0768. The van der Waals surface area contributed by atoms with Crippen molar-refractivity contribution in [3.8, 4) is 0 Å². The molecule has 1 aromatic rings. The van der Waals surface area contributed by atoms with Crippen LogP contribution in [-0.4, -0.2) is 53.7 Å². The molecule has 1 aliphatic heterocycles. The SMILES string of the molecule is CCC1CN(C)CCCN1c1nnc(C)c(C)c1C(=N)N. The first-order valence-corrected chi connectivity index (χ1v) is 7.59. The molecule has 0 spiro atoms. The Morgan fingerprint density at radius 3 is 2.67 bits per heavy atom. The van der Waals surface area contributed by atoms with Gasteiger partial charge in [0.2, 0.25) is 0 Å². The fourth-order valence-corrected chi connectivity index (χ4v) is 2.99. The number of rotatable bonds is 3. The molecule has 2 rings (SSSR count). The van der Waals surface area contributed by atoms with E-state index in [1.54, 1.807) is 0 Å². The van der Waals surface area contributed by atoms with Crippen LogP contribution in [0.5, 0.6) is 0 Å². The van der Waals surface area contributed by atoms with Gasteiger partial charge in [-0.3, -0.25) is 5.41 Å². The lowest BCUT2D eigenvalue weighted by atomic mass is 10.1. The van der Waals surface area contributed by atoms with E-state index in [2.05, 4.69) is 34.0 Å². The van der Waals surface area contributed by atoms with Crippen LogP contribution in [0.1, 0.15) is 36.6 Å². The highest BCUT2D eigenvalue weighted by molar-refractivity contribution is 6.01. The lowest BCUT2D eigenvalue weighted by molar-refractivity contribution is 0.327. The van der Waals surface area contributed by atoms with Crippen LogP contribution in [0.25, 0.3) is 0 Å². The van der Waals surface area contributed by atoms with Gasteiger partial charge in [-0.1, -0.05) is 6.92 Å². The van der Waals surface area contributed by atoms with E-state index in [9.17, 15) is 0 Å². The molecule has 0 bridgehead atoms. The van der Waals surface area contributed by atoms with Gasteiger partial charge in [0.25, 0.3) is 0 Å². The highest BCUT2D eigenvalue weighted by Gasteiger charge is 2.27. The Morgan fingerprint density at radius 2 is 2.05 bits per heavy atom. The molecule has 0 radical (unpaired) electrons. The number of aromatic nitrogens is 2. The predicted octanol–water partition coefficient (Wildman–Crippen LogP) is 1.30. The molecule has 1 fully saturated rings. The number of aryl methyl sites for hydroxylation is 1. The van der Waals surface area contributed by atoms with Crippen LogP contribution in [0.4, 0.5) is 5.82 Å². The zero-order valence-corrected chi connectivity index (χ0v) is 13.5. The summed E-state index contributed by atoms with van der Waals surface area (Å²) in [5.74, 6) is 0.848. The Kier molecular flexibility index (Phi) is 4.77. The maximum atomic E-state index is 7.92. The molecule has 1 saturated heterocycles. The molecule has 0 aromatic carbocycles. The van der Waals surface area contributed by atoms with Gasteiger partial charge in [0.05, 0.1) is 11.3 Å². The summed E-state index contributed by atoms with van der Waals surface area (Å²) in [6.07, 6.45) is 2.12. The lowest BCUT2D eigenvalue weighted by Crippen LogP contribution is -2.41. The second kappa shape index (κ2) is 6.39. The summed E-state index contributed by atoms with van der Waals surface area (Å²) in [6, 6.07) is 0.381. The van der Waals surface area contributed by atoms with E-state index in [-0.39, 0.29) is 5.84 Å². The van der Waals surface area contributed by atoms with Gasteiger partial charge in [-0.05, 0) is 45.8 Å². The monoisotopic (exact) mass is 290 g/mol. The molecule has 2 heterocycles. The van der Waals surface area contributed by atoms with E-state index >= 15 is 0 Å². The van der Waals surface area contributed by atoms with Crippen LogP contribution in [-0.2, 0) is 0 Å². The van der Waals surface area contributed by atoms with E-state index in [1.165, 1.54) is 0 Å². The molecule has 3 N–H and O–H groups in total. The molecule has 0 saturated carbocycles. The number of likely N-dealkylation sites (N-methyl/N-ethyl adjacent to an activating group) is 1. The first-order chi connectivity index (χ1) is 9.95.